The molecular weight excluding hydrogens is 330 g/mol. The highest BCUT2D eigenvalue weighted by Gasteiger charge is 2.11. The highest BCUT2D eigenvalue weighted by molar-refractivity contribution is 6.10. The molecule has 0 saturated heterocycles. The Morgan fingerprint density at radius 3 is 2.67 bits per heavy atom. The van der Waals surface area contributed by atoms with Crippen molar-refractivity contribution in [3.05, 3.63) is 84.2 Å². The van der Waals surface area contributed by atoms with Crippen LogP contribution in [0.1, 0.15) is 18.2 Å². The van der Waals surface area contributed by atoms with Gasteiger partial charge in [-0.2, -0.15) is 0 Å². The van der Waals surface area contributed by atoms with Crippen LogP contribution >= 0.6 is 0 Å². The molecule has 3 heterocycles. The third-order valence-electron chi connectivity index (χ3n) is 5.06. The van der Waals surface area contributed by atoms with Gasteiger partial charge in [0.2, 0.25) is 0 Å². The van der Waals surface area contributed by atoms with E-state index in [1.807, 2.05) is 18.2 Å². The molecule has 5 aromatic rings. The lowest BCUT2D eigenvalue weighted by molar-refractivity contribution is 0.826. The maximum absolute atomic E-state index is 4.65. The Kier molecular flexibility index (Phi) is 3.72. The largest absolute Gasteiger partial charge is 0.340 e. The minimum Gasteiger partial charge on any atom is -0.340 e. The summed E-state index contributed by atoms with van der Waals surface area (Å²) in [6, 6.07) is 23.2. The molecule has 0 N–H and O–H groups in total. The van der Waals surface area contributed by atoms with E-state index >= 15 is 0 Å². The molecule has 0 aliphatic rings. The van der Waals surface area contributed by atoms with Crippen LogP contribution in [-0.2, 0) is 6.54 Å². The molecule has 0 amide bonds. The van der Waals surface area contributed by atoms with Gasteiger partial charge in [-0.1, -0.05) is 42.5 Å². The third kappa shape index (κ3) is 2.59. The number of aryl methyl sites for hydroxylation is 1. The average Bonchev–Trinajstić information content (AvgIpc) is 3.06. The lowest BCUT2D eigenvalue weighted by Crippen LogP contribution is -1.94. The van der Waals surface area contributed by atoms with Crippen molar-refractivity contribution < 1.29 is 0 Å². The Morgan fingerprint density at radius 2 is 1.74 bits per heavy atom. The number of rotatable bonds is 3. The first-order chi connectivity index (χ1) is 13.3. The molecule has 3 heteroatoms. The van der Waals surface area contributed by atoms with Gasteiger partial charge < -0.3 is 4.57 Å². The number of benzene rings is 2. The smallest absolute Gasteiger partial charge is 0.159 e. The van der Waals surface area contributed by atoms with Gasteiger partial charge in [-0.3, -0.25) is 0 Å². The van der Waals surface area contributed by atoms with E-state index in [2.05, 4.69) is 82.1 Å². The van der Waals surface area contributed by atoms with Crippen LogP contribution in [0.3, 0.4) is 0 Å². The molecule has 0 radical (unpaired) electrons. The van der Waals surface area contributed by atoms with Gasteiger partial charge >= 0.3 is 0 Å². The molecule has 0 aliphatic heterocycles. The second-order valence-corrected chi connectivity index (χ2v) is 6.62. The van der Waals surface area contributed by atoms with E-state index in [-0.39, 0.29) is 0 Å². The van der Waals surface area contributed by atoms with Crippen LogP contribution in [0, 0.1) is 0 Å². The summed E-state index contributed by atoms with van der Waals surface area (Å²) in [6.07, 6.45) is 6.01. The number of pyridine rings is 2. The SMILES string of the molecule is CCn1c2ccccc2c2cccc(C=Cc3ccc4cccnc4n3)c21. The molecule has 5 rings (SSSR count). The summed E-state index contributed by atoms with van der Waals surface area (Å²) in [6.45, 7) is 3.13. The molecular formula is C24H19N3. The summed E-state index contributed by atoms with van der Waals surface area (Å²) >= 11 is 0. The van der Waals surface area contributed by atoms with E-state index in [4.69, 9.17) is 0 Å². The quantitative estimate of drug-likeness (QED) is 0.404. The fourth-order valence-electron chi connectivity index (χ4n) is 3.84. The van der Waals surface area contributed by atoms with Crippen LogP contribution in [0.2, 0.25) is 0 Å². The zero-order valence-corrected chi connectivity index (χ0v) is 15.1. The van der Waals surface area contributed by atoms with Crippen molar-refractivity contribution in [1.29, 1.82) is 0 Å². The van der Waals surface area contributed by atoms with E-state index in [1.54, 1.807) is 6.20 Å². The molecule has 0 aliphatic carbocycles. The standard InChI is InChI=1S/C24H19N3/c1-2-27-22-11-4-3-9-20(22)21-10-5-7-17(23(21)27)12-14-19-15-13-18-8-6-16-25-24(18)26-19/h3-16H,2H2,1H3. The molecule has 2 aromatic carbocycles. The van der Waals surface area contributed by atoms with Gasteiger partial charge in [0.1, 0.15) is 0 Å². The number of para-hydroxylation sites is 2. The van der Waals surface area contributed by atoms with E-state index in [9.17, 15) is 0 Å². The molecule has 0 bridgehead atoms. The van der Waals surface area contributed by atoms with Crippen LogP contribution in [-0.4, -0.2) is 14.5 Å². The van der Waals surface area contributed by atoms with Crippen molar-refractivity contribution in [3.8, 4) is 0 Å². The summed E-state index contributed by atoms with van der Waals surface area (Å²) in [5.74, 6) is 0. The van der Waals surface area contributed by atoms with Gasteiger partial charge in [0.05, 0.1) is 11.2 Å². The average molecular weight is 349 g/mol. The van der Waals surface area contributed by atoms with E-state index in [0.29, 0.717) is 0 Å². The van der Waals surface area contributed by atoms with Crippen molar-refractivity contribution in [3.63, 3.8) is 0 Å². The number of hydrogen-bond donors (Lipinski definition) is 0. The minimum atomic E-state index is 0.778. The number of aromatic nitrogens is 3. The normalized spacial score (nSPS) is 11.9. The molecule has 0 fully saturated rings. The Bertz CT molecular complexity index is 1310. The summed E-state index contributed by atoms with van der Waals surface area (Å²) in [5, 5.41) is 3.66. The number of hydrogen-bond acceptors (Lipinski definition) is 2. The molecule has 0 saturated carbocycles. The third-order valence-corrected chi connectivity index (χ3v) is 5.06. The molecule has 0 unspecified atom stereocenters. The van der Waals surface area contributed by atoms with Gasteiger partial charge in [-0.05, 0) is 48.9 Å². The van der Waals surface area contributed by atoms with Gasteiger partial charge in [-0.15, -0.1) is 0 Å². The predicted molar refractivity (Wildman–Crippen MR) is 114 cm³/mol. The molecule has 27 heavy (non-hydrogen) atoms. The molecule has 0 spiro atoms. The van der Waals surface area contributed by atoms with Gasteiger partial charge in [0.25, 0.3) is 0 Å². The lowest BCUT2D eigenvalue weighted by Gasteiger charge is -2.06. The Morgan fingerprint density at radius 1 is 0.852 bits per heavy atom. The monoisotopic (exact) mass is 349 g/mol. The summed E-state index contributed by atoms with van der Waals surface area (Å²) in [7, 11) is 0. The van der Waals surface area contributed by atoms with Crippen LogP contribution in [0.4, 0.5) is 0 Å². The minimum absolute atomic E-state index is 0.778. The van der Waals surface area contributed by atoms with Gasteiger partial charge in [0, 0.05) is 34.4 Å². The summed E-state index contributed by atoms with van der Waals surface area (Å²) in [5.41, 5.74) is 5.45. The molecule has 3 aromatic heterocycles. The predicted octanol–water partition coefficient (Wildman–Crippen LogP) is 5.93. The zero-order chi connectivity index (χ0) is 18.2. The lowest BCUT2D eigenvalue weighted by atomic mass is 10.1. The second kappa shape index (κ2) is 6.36. The van der Waals surface area contributed by atoms with Crippen LogP contribution in [0.25, 0.3) is 45.0 Å². The summed E-state index contributed by atoms with van der Waals surface area (Å²) < 4.78 is 2.39. The van der Waals surface area contributed by atoms with Gasteiger partial charge in [0.15, 0.2) is 5.65 Å². The Balaban J connectivity index is 1.67. The summed E-state index contributed by atoms with van der Waals surface area (Å²) in [4.78, 5) is 9.00. The molecule has 130 valence electrons. The molecule has 3 nitrogen and oxygen atoms in total. The molecule has 0 atom stereocenters. The zero-order valence-electron chi connectivity index (χ0n) is 15.1. The number of nitrogens with zero attached hydrogens (tertiary/aromatic N) is 3. The van der Waals surface area contributed by atoms with Crippen molar-refractivity contribution in [2.24, 2.45) is 0 Å². The first-order valence-corrected chi connectivity index (χ1v) is 9.25. The highest BCUT2D eigenvalue weighted by Crippen LogP contribution is 2.31. The van der Waals surface area contributed by atoms with Crippen LogP contribution in [0.15, 0.2) is 72.9 Å². The van der Waals surface area contributed by atoms with Crippen molar-refractivity contribution in [2.75, 3.05) is 0 Å². The van der Waals surface area contributed by atoms with E-state index < -0.39 is 0 Å². The first-order valence-electron chi connectivity index (χ1n) is 9.25. The van der Waals surface area contributed by atoms with Crippen LogP contribution in [0.5, 0.6) is 0 Å². The Hall–Kier alpha value is -3.46. The van der Waals surface area contributed by atoms with Crippen molar-refractivity contribution in [2.45, 2.75) is 13.5 Å². The fraction of sp³-hybridized carbons (Fsp3) is 0.0833. The van der Waals surface area contributed by atoms with Gasteiger partial charge in [-0.25, -0.2) is 9.97 Å². The fourth-order valence-corrected chi connectivity index (χ4v) is 3.84. The van der Waals surface area contributed by atoms with Crippen molar-refractivity contribution in [1.82, 2.24) is 14.5 Å². The van der Waals surface area contributed by atoms with E-state index in [1.165, 1.54) is 27.4 Å². The Labute approximate surface area is 157 Å². The van der Waals surface area contributed by atoms with E-state index in [0.717, 1.165) is 23.3 Å². The maximum Gasteiger partial charge on any atom is 0.159 e. The first kappa shape index (κ1) is 15.8. The topological polar surface area (TPSA) is 30.7 Å². The highest BCUT2D eigenvalue weighted by atomic mass is 15.0. The maximum atomic E-state index is 4.65. The second-order valence-electron chi connectivity index (χ2n) is 6.62. The van der Waals surface area contributed by atoms with Crippen molar-refractivity contribution >= 4 is 45.0 Å². The number of fused-ring (bicyclic) bond motifs is 4. The van der Waals surface area contributed by atoms with Crippen LogP contribution < -0.4 is 0 Å².